The van der Waals surface area contributed by atoms with Crippen LogP contribution in [0, 0.1) is 0 Å². The number of hydrogen-bond acceptors (Lipinski definition) is 1. The maximum Gasteiger partial charge on any atom is 0.0581 e. The lowest BCUT2D eigenvalue weighted by Gasteiger charge is -2.30. The zero-order valence-corrected chi connectivity index (χ0v) is 10.9. The molecule has 0 N–H and O–H groups in total. The minimum atomic E-state index is 0.500. The fourth-order valence-electron chi connectivity index (χ4n) is 2.73. The number of rotatable bonds is 5. The summed E-state index contributed by atoms with van der Waals surface area (Å²) in [4.78, 5) is 0. The van der Waals surface area contributed by atoms with E-state index in [0.29, 0.717) is 6.10 Å². The van der Waals surface area contributed by atoms with Gasteiger partial charge in [-0.3, -0.25) is 0 Å². The molecule has 0 aliphatic carbocycles. The van der Waals surface area contributed by atoms with Crippen LogP contribution in [-0.4, -0.2) is 12.7 Å². The van der Waals surface area contributed by atoms with Gasteiger partial charge in [0.1, 0.15) is 0 Å². The molecule has 2 rings (SSSR count). The Balaban J connectivity index is 1.84. The smallest absolute Gasteiger partial charge is 0.0581 e. The molecule has 0 amide bonds. The van der Waals surface area contributed by atoms with Crippen LogP contribution >= 0.6 is 0 Å². The van der Waals surface area contributed by atoms with Crippen molar-refractivity contribution in [3.8, 4) is 0 Å². The number of hydrogen-bond donors (Lipinski definition) is 0. The lowest BCUT2D eigenvalue weighted by molar-refractivity contribution is 0.000630. The normalized spacial score (nSPS) is 24.8. The third kappa shape index (κ3) is 3.85. The highest BCUT2D eigenvalue weighted by Crippen LogP contribution is 2.31. The van der Waals surface area contributed by atoms with E-state index in [9.17, 15) is 0 Å². The van der Waals surface area contributed by atoms with Crippen molar-refractivity contribution in [2.45, 2.75) is 57.5 Å². The highest BCUT2D eigenvalue weighted by molar-refractivity contribution is 5.20. The Bertz CT molecular complexity index is 307. The first kappa shape index (κ1) is 12.6. The highest BCUT2D eigenvalue weighted by atomic mass is 16.5. The van der Waals surface area contributed by atoms with Gasteiger partial charge >= 0.3 is 0 Å². The lowest BCUT2D eigenvalue weighted by Crippen LogP contribution is -2.24. The third-order valence-electron chi connectivity index (χ3n) is 3.77. The zero-order valence-electron chi connectivity index (χ0n) is 10.9. The molecule has 0 aromatic heterocycles. The molecule has 0 unspecified atom stereocenters. The summed E-state index contributed by atoms with van der Waals surface area (Å²) < 4.78 is 5.88. The maximum atomic E-state index is 5.88. The van der Waals surface area contributed by atoms with Crippen molar-refractivity contribution in [1.29, 1.82) is 0 Å². The molecule has 2 atom stereocenters. The molecule has 0 radical (unpaired) electrons. The van der Waals surface area contributed by atoms with E-state index in [0.717, 1.165) is 12.5 Å². The van der Waals surface area contributed by atoms with Crippen molar-refractivity contribution in [2.24, 2.45) is 0 Å². The van der Waals surface area contributed by atoms with Crippen LogP contribution in [0.5, 0.6) is 0 Å². The van der Waals surface area contributed by atoms with Gasteiger partial charge in [0.05, 0.1) is 6.10 Å². The van der Waals surface area contributed by atoms with E-state index in [1.165, 1.54) is 44.1 Å². The molecule has 1 saturated heterocycles. The molecule has 0 spiro atoms. The van der Waals surface area contributed by atoms with Crippen molar-refractivity contribution in [1.82, 2.24) is 0 Å². The van der Waals surface area contributed by atoms with Crippen LogP contribution in [-0.2, 0) is 4.74 Å². The molecule has 1 aliphatic heterocycles. The van der Waals surface area contributed by atoms with Crippen LogP contribution in [0.2, 0.25) is 0 Å². The third-order valence-corrected chi connectivity index (χ3v) is 3.77. The first-order chi connectivity index (χ1) is 8.40. The van der Waals surface area contributed by atoms with Gasteiger partial charge in [0.15, 0.2) is 0 Å². The summed E-state index contributed by atoms with van der Waals surface area (Å²) in [6.07, 6.45) is 8.12. The lowest BCUT2D eigenvalue weighted by atomic mass is 9.87. The van der Waals surface area contributed by atoms with E-state index < -0.39 is 0 Å². The topological polar surface area (TPSA) is 9.23 Å². The molecule has 1 heterocycles. The summed E-state index contributed by atoms with van der Waals surface area (Å²) in [5.74, 6) is 0.719. The Morgan fingerprint density at radius 2 is 2.00 bits per heavy atom. The van der Waals surface area contributed by atoms with Crippen LogP contribution in [0.15, 0.2) is 30.3 Å². The molecule has 0 saturated carbocycles. The first-order valence-electron chi connectivity index (χ1n) is 7.06. The van der Waals surface area contributed by atoms with Crippen LogP contribution in [0.25, 0.3) is 0 Å². The van der Waals surface area contributed by atoms with Crippen molar-refractivity contribution in [3.05, 3.63) is 35.9 Å². The minimum Gasteiger partial charge on any atom is -0.378 e. The molecule has 1 heteroatoms. The minimum absolute atomic E-state index is 0.500. The van der Waals surface area contributed by atoms with Gasteiger partial charge in [0.25, 0.3) is 0 Å². The molecular formula is C16H24O. The molecule has 1 aliphatic rings. The van der Waals surface area contributed by atoms with Crippen LogP contribution in [0.1, 0.15) is 56.9 Å². The van der Waals surface area contributed by atoms with Gasteiger partial charge < -0.3 is 4.74 Å². The Hall–Kier alpha value is -0.820. The quantitative estimate of drug-likeness (QED) is 0.678. The Morgan fingerprint density at radius 1 is 1.18 bits per heavy atom. The van der Waals surface area contributed by atoms with Gasteiger partial charge in [0, 0.05) is 6.61 Å². The Kier molecular flexibility index (Phi) is 5.06. The summed E-state index contributed by atoms with van der Waals surface area (Å²) in [5.41, 5.74) is 1.50. The van der Waals surface area contributed by atoms with Crippen molar-refractivity contribution in [3.63, 3.8) is 0 Å². The molecule has 1 aromatic carbocycles. The van der Waals surface area contributed by atoms with Gasteiger partial charge in [-0.15, -0.1) is 0 Å². The predicted molar refractivity (Wildman–Crippen MR) is 72.3 cm³/mol. The van der Waals surface area contributed by atoms with Crippen LogP contribution in [0.3, 0.4) is 0 Å². The second-order valence-corrected chi connectivity index (χ2v) is 5.12. The molecule has 17 heavy (non-hydrogen) atoms. The van der Waals surface area contributed by atoms with Gasteiger partial charge in [-0.2, -0.15) is 0 Å². The number of unbranched alkanes of at least 4 members (excludes halogenated alkanes) is 2. The number of benzene rings is 1. The Labute approximate surface area is 105 Å². The van der Waals surface area contributed by atoms with Crippen LogP contribution < -0.4 is 0 Å². The standard InChI is InChI=1S/C16H24O/c1-2-3-5-10-16-13-15(11-12-17-16)14-8-6-4-7-9-14/h4,6-9,15-16H,2-3,5,10-13H2,1H3/t15-,16-/m1/s1. The highest BCUT2D eigenvalue weighted by Gasteiger charge is 2.23. The molecule has 1 aromatic rings. The molecular weight excluding hydrogens is 208 g/mol. The average Bonchev–Trinajstić information content (AvgIpc) is 2.41. The van der Waals surface area contributed by atoms with Gasteiger partial charge in [-0.1, -0.05) is 56.5 Å². The molecule has 1 nitrogen and oxygen atoms in total. The van der Waals surface area contributed by atoms with E-state index in [-0.39, 0.29) is 0 Å². The van der Waals surface area contributed by atoms with E-state index in [2.05, 4.69) is 37.3 Å². The van der Waals surface area contributed by atoms with Crippen molar-refractivity contribution < 1.29 is 4.74 Å². The molecule has 94 valence electrons. The number of ether oxygens (including phenoxy) is 1. The second kappa shape index (κ2) is 6.80. The van der Waals surface area contributed by atoms with Crippen molar-refractivity contribution in [2.75, 3.05) is 6.61 Å². The predicted octanol–water partition coefficient (Wildman–Crippen LogP) is 4.53. The second-order valence-electron chi connectivity index (χ2n) is 5.12. The molecule has 0 bridgehead atoms. The van der Waals surface area contributed by atoms with Gasteiger partial charge in [-0.25, -0.2) is 0 Å². The monoisotopic (exact) mass is 232 g/mol. The van der Waals surface area contributed by atoms with Crippen LogP contribution in [0.4, 0.5) is 0 Å². The largest absolute Gasteiger partial charge is 0.378 e. The van der Waals surface area contributed by atoms with E-state index in [4.69, 9.17) is 4.74 Å². The molecule has 1 fully saturated rings. The summed E-state index contributed by atoms with van der Waals surface area (Å²) in [7, 11) is 0. The maximum absolute atomic E-state index is 5.88. The summed E-state index contributed by atoms with van der Waals surface area (Å²) in [6, 6.07) is 10.9. The summed E-state index contributed by atoms with van der Waals surface area (Å²) >= 11 is 0. The van der Waals surface area contributed by atoms with Gasteiger partial charge in [0.2, 0.25) is 0 Å². The van der Waals surface area contributed by atoms with Gasteiger partial charge in [-0.05, 0) is 30.7 Å². The summed E-state index contributed by atoms with van der Waals surface area (Å²) in [6.45, 7) is 3.20. The van der Waals surface area contributed by atoms with E-state index >= 15 is 0 Å². The fourth-order valence-corrected chi connectivity index (χ4v) is 2.73. The summed E-state index contributed by atoms with van der Waals surface area (Å²) in [5, 5.41) is 0. The average molecular weight is 232 g/mol. The van der Waals surface area contributed by atoms with E-state index in [1.54, 1.807) is 0 Å². The SMILES string of the molecule is CCCCC[C@@H]1C[C@H](c2ccccc2)CCO1. The zero-order chi connectivity index (χ0) is 11.9. The van der Waals surface area contributed by atoms with E-state index in [1.807, 2.05) is 0 Å². The van der Waals surface area contributed by atoms with Crippen molar-refractivity contribution >= 4 is 0 Å². The Morgan fingerprint density at radius 3 is 2.76 bits per heavy atom. The fraction of sp³-hybridized carbons (Fsp3) is 0.625. The first-order valence-corrected chi connectivity index (χ1v) is 7.06.